The predicted molar refractivity (Wildman–Crippen MR) is 134 cm³/mol. The number of aromatic nitrogens is 2. The lowest BCUT2D eigenvalue weighted by atomic mass is 9.75. The zero-order chi connectivity index (χ0) is 26.0. The topological polar surface area (TPSA) is 61.2 Å². The van der Waals surface area contributed by atoms with Crippen LogP contribution >= 0.6 is 11.8 Å². The minimum absolute atomic E-state index is 0.0323. The number of carbonyl (C=O) groups excluding carboxylic acids is 1. The number of nitrogens with zero attached hydrogens (tertiary/aromatic N) is 2. The van der Waals surface area contributed by atoms with E-state index in [0.717, 1.165) is 47.7 Å². The lowest BCUT2D eigenvalue weighted by Crippen LogP contribution is -2.36. The van der Waals surface area contributed by atoms with Crippen LogP contribution in [0.25, 0.3) is 16.6 Å². The average Bonchev–Trinajstić information content (AvgIpc) is 2.82. The second-order valence-corrected chi connectivity index (χ2v) is 10.7. The number of fused-ring (bicyclic) bond motifs is 1. The second-order valence-electron chi connectivity index (χ2n) is 9.74. The highest BCUT2D eigenvalue weighted by atomic mass is 32.2. The summed E-state index contributed by atoms with van der Waals surface area (Å²) in [5.41, 5.74) is -0.939. The van der Waals surface area contributed by atoms with Gasteiger partial charge in [-0.05, 0) is 60.9 Å². The van der Waals surface area contributed by atoms with Gasteiger partial charge in [0, 0.05) is 0 Å². The Kier molecular flexibility index (Phi) is 7.78. The number of hydrogen-bond acceptors (Lipinski definition) is 5. The maximum atomic E-state index is 13.4. The fourth-order valence-electron chi connectivity index (χ4n) is 4.83. The zero-order valence-electron chi connectivity index (χ0n) is 20.4. The molecule has 0 spiro atoms. The third-order valence-corrected chi connectivity index (χ3v) is 7.65. The van der Waals surface area contributed by atoms with Crippen molar-refractivity contribution in [3.8, 4) is 5.69 Å². The molecule has 2 aromatic carbocycles. The summed E-state index contributed by atoms with van der Waals surface area (Å²) in [7, 11) is 0. The quantitative estimate of drug-likeness (QED) is 0.212. The molecule has 0 aliphatic heterocycles. The number of para-hydroxylation sites is 1. The van der Waals surface area contributed by atoms with Crippen molar-refractivity contribution in [1.29, 1.82) is 0 Å². The van der Waals surface area contributed by atoms with E-state index < -0.39 is 23.3 Å². The Bertz CT molecular complexity index is 1310. The molecule has 0 bridgehead atoms. The SMILES string of the molecule is CC(C)[C@@H]1CC[C@@H](C)C[C@H]1OC(=O)CSc1nc2ccccc2c(=O)n1-c1cccc(C(F)(F)F)c1. The monoisotopic (exact) mass is 518 g/mol. The highest BCUT2D eigenvalue weighted by molar-refractivity contribution is 7.99. The molecule has 1 aliphatic carbocycles. The molecule has 0 saturated heterocycles. The van der Waals surface area contributed by atoms with E-state index >= 15 is 0 Å². The van der Waals surface area contributed by atoms with E-state index in [2.05, 4.69) is 25.8 Å². The van der Waals surface area contributed by atoms with Crippen LogP contribution < -0.4 is 5.56 Å². The summed E-state index contributed by atoms with van der Waals surface area (Å²) >= 11 is 0.987. The molecular weight excluding hydrogens is 489 g/mol. The maximum absolute atomic E-state index is 13.4. The van der Waals surface area contributed by atoms with Gasteiger partial charge in [0.15, 0.2) is 5.16 Å². The molecule has 36 heavy (non-hydrogen) atoms. The fourth-order valence-corrected chi connectivity index (χ4v) is 5.63. The van der Waals surface area contributed by atoms with Crippen molar-refractivity contribution in [3.05, 3.63) is 64.4 Å². The molecule has 1 aromatic heterocycles. The first kappa shape index (κ1) is 26.3. The maximum Gasteiger partial charge on any atom is 0.416 e. The van der Waals surface area contributed by atoms with Gasteiger partial charge in [-0.2, -0.15) is 13.2 Å². The van der Waals surface area contributed by atoms with Gasteiger partial charge in [-0.15, -0.1) is 0 Å². The van der Waals surface area contributed by atoms with Crippen LogP contribution in [0.2, 0.25) is 0 Å². The third kappa shape index (κ3) is 5.77. The van der Waals surface area contributed by atoms with E-state index in [-0.39, 0.29) is 34.0 Å². The van der Waals surface area contributed by atoms with Gasteiger partial charge in [0.25, 0.3) is 5.56 Å². The number of esters is 1. The number of alkyl halides is 3. The van der Waals surface area contributed by atoms with Crippen LogP contribution in [0, 0.1) is 17.8 Å². The van der Waals surface area contributed by atoms with Crippen LogP contribution in [0.3, 0.4) is 0 Å². The number of ether oxygens (including phenoxy) is 1. The van der Waals surface area contributed by atoms with Crippen LogP contribution in [-0.4, -0.2) is 27.4 Å². The second kappa shape index (κ2) is 10.7. The Morgan fingerprint density at radius 2 is 1.92 bits per heavy atom. The van der Waals surface area contributed by atoms with Crippen LogP contribution in [-0.2, 0) is 15.7 Å². The van der Waals surface area contributed by atoms with E-state index in [1.54, 1.807) is 24.3 Å². The first-order chi connectivity index (χ1) is 17.0. The van der Waals surface area contributed by atoms with Gasteiger partial charge in [0.05, 0.1) is 27.9 Å². The van der Waals surface area contributed by atoms with Crippen molar-refractivity contribution in [1.82, 2.24) is 9.55 Å². The van der Waals surface area contributed by atoms with E-state index in [1.165, 1.54) is 12.1 Å². The van der Waals surface area contributed by atoms with Crippen molar-refractivity contribution in [2.45, 2.75) is 57.5 Å². The number of benzene rings is 2. The molecule has 9 heteroatoms. The van der Waals surface area contributed by atoms with Gasteiger partial charge in [-0.3, -0.25) is 14.2 Å². The van der Waals surface area contributed by atoms with E-state index in [1.807, 2.05) is 0 Å². The molecule has 4 rings (SSSR count). The molecule has 0 N–H and O–H groups in total. The summed E-state index contributed by atoms with van der Waals surface area (Å²) in [6, 6.07) is 11.2. The minimum atomic E-state index is -4.56. The van der Waals surface area contributed by atoms with Crippen LogP contribution in [0.15, 0.2) is 58.5 Å². The first-order valence-electron chi connectivity index (χ1n) is 12.1. The number of carbonyl (C=O) groups is 1. The van der Waals surface area contributed by atoms with Crippen LogP contribution in [0.5, 0.6) is 0 Å². The van der Waals surface area contributed by atoms with Gasteiger partial charge < -0.3 is 4.74 Å². The molecule has 5 nitrogen and oxygen atoms in total. The largest absolute Gasteiger partial charge is 0.461 e. The zero-order valence-corrected chi connectivity index (χ0v) is 21.2. The van der Waals surface area contributed by atoms with Gasteiger partial charge >= 0.3 is 12.1 Å². The molecule has 1 fully saturated rings. The smallest absolute Gasteiger partial charge is 0.416 e. The Morgan fingerprint density at radius 1 is 1.17 bits per heavy atom. The van der Waals surface area contributed by atoms with Crippen LogP contribution in [0.1, 0.15) is 45.6 Å². The predicted octanol–water partition coefficient (Wildman–Crippen LogP) is 6.50. The summed E-state index contributed by atoms with van der Waals surface area (Å²) in [4.78, 5) is 30.7. The number of thioether (sulfide) groups is 1. The normalized spacial score (nSPS) is 20.6. The molecule has 1 saturated carbocycles. The van der Waals surface area contributed by atoms with Gasteiger partial charge in [-0.1, -0.05) is 57.2 Å². The lowest BCUT2D eigenvalue weighted by molar-refractivity contribution is -0.152. The van der Waals surface area contributed by atoms with Crippen molar-refractivity contribution < 1.29 is 22.7 Å². The molecule has 1 aliphatic rings. The molecule has 3 atom stereocenters. The Morgan fingerprint density at radius 3 is 2.64 bits per heavy atom. The van der Waals surface area contributed by atoms with Crippen molar-refractivity contribution in [2.24, 2.45) is 17.8 Å². The third-order valence-electron chi connectivity index (χ3n) is 6.74. The summed E-state index contributed by atoms with van der Waals surface area (Å²) in [5, 5.41) is 0.408. The highest BCUT2D eigenvalue weighted by Gasteiger charge is 2.34. The summed E-state index contributed by atoms with van der Waals surface area (Å²) in [6.45, 7) is 6.41. The Hall–Kier alpha value is -2.81. The summed E-state index contributed by atoms with van der Waals surface area (Å²) in [5.74, 6) is 0.606. The Balaban J connectivity index is 1.64. The van der Waals surface area contributed by atoms with Gasteiger partial charge in [0.1, 0.15) is 6.10 Å². The van der Waals surface area contributed by atoms with Crippen molar-refractivity contribution >= 4 is 28.6 Å². The number of halogens is 3. The lowest BCUT2D eigenvalue weighted by Gasteiger charge is -2.36. The van der Waals surface area contributed by atoms with Crippen molar-refractivity contribution in [3.63, 3.8) is 0 Å². The molecule has 3 aromatic rings. The van der Waals surface area contributed by atoms with E-state index in [0.29, 0.717) is 17.4 Å². The van der Waals surface area contributed by atoms with Crippen LogP contribution in [0.4, 0.5) is 13.2 Å². The van der Waals surface area contributed by atoms with E-state index in [4.69, 9.17) is 4.74 Å². The standard InChI is InChI=1S/C27H29F3N2O3S/c1-16(2)20-12-11-17(3)13-23(20)35-24(33)15-36-26-31-22-10-5-4-9-21(22)25(34)32(26)19-8-6-7-18(14-19)27(28,29)30/h4-10,14,16-17,20,23H,11-13,15H2,1-3H3/t17-,20+,23-/m1/s1. The average molecular weight is 519 g/mol. The van der Waals surface area contributed by atoms with Gasteiger partial charge in [-0.25, -0.2) is 4.98 Å². The van der Waals surface area contributed by atoms with E-state index in [9.17, 15) is 22.8 Å². The molecule has 0 radical (unpaired) electrons. The molecule has 0 unspecified atom stereocenters. The molecule has 1 heterocycles. The van der Waals surface area contributed by atoms with Crippen molar-refractivity contribution in [2.75, 3.05) is 5.75 Å². The summed E-state index contributed by atoms with van der Waals surface area (Å²) in [6.07, 6.45) is -1.81. The fraction of sp³-hybridized carbons (Fsp3) is 0.444. The molecule has 192 valence electrons. The summed E-state index contributed by atoms with van der Waals surface area (Å²) < 4.78 is 47.1. The molecule has 0 amide bonds. The first-order valence-corrected chi connectivity index (χ1v) is 13.0. The Labute approximate surface area is 212 Å². The highest BCUT2D eigenvalue weighted by Crippen LogP contribution is 2.36. The minimum Gasteiger partial charge on any atom is -0.461 e. The molecular formula is C27H29F3N2O3S. The number of rotatable bonds is 6. The van der Waals surface area contributed by atoms with Gasteiger partial charge in [0.2, 0.25) is 0 Å². The number of hydrogen-bond donors (Lipinski definition) is 0.